The summed E-state index contributed by atoms with van der Waals surface area (Å²) in [6, 6.07) is 6.33. The highest BCUT2D eigenvalue weighted by atomic mass is 32.2. The minimum absolute atomic E-state index is 0.00441. The molecule has 0 saturated heterocycles. The summed E-state index contributed by atoms with van der Waals surface area (Å²) in [5, 5.41) is 9.28. The Labute approximate surface area is 145 Å². The van der Waals surface area contributed by atoms with Gasteiger partial charge in [-0.1, -0.05) is 30.3 Å². The molecular formula is C17H21FN4OS. The molecule has 1 aromatic carbocycles. The number of halogens is 1. The Kier molecular flexibility index (Phi) is 5.50. The van der Waals surface area contributed by atoms with Crippen molar-refractivity contribution in [2.75, 3.05) is 12.8 Å². The molecule has 0 bridgehead atoms. The second kappa shape index (κ2) is 7.79. The van der Waals surface area contributed by atoms with Crippen LogP contribution in [0, 0.1) is 5.82 Å². The topological polar surface area (TPSA) is 51.0 Å². The molecule has 5 nitrogen and oxygen atoms in total. The molecular weight excluding hydrogens is 327 g/mol. The van der Waals surface area contributed by atoms with Crippen LogP contribution in [0.1, 0.15) is 30.7 Å². The third-order valence-electron chi connectivity index (χ3n) is 4.13. The number of fused-ring (bicyclic) bond motifs is 1. The van der Waals surface area contributed by atoms with E-state index in [0.717, 1.165) is 42.4 Å². The van der Waals surface area contributed by atoms with Gasteiger partial charge in [-0.15, -0.1) is 10.2 Å². The van der Waals surface area contributed by atoms with Gasteiger partial charge in [0.05, 0.1) is 5.75 Å². The number of hydrogen-bond acceptors (Lipinski definition) is 4. The Morgan fingerprint density at radius 3 is 3.04 bits per heavy atom. The number of rotatable bonds is 5. The number of aryl methyl sites for hydroxylation is 1. The maximum absolute atomic E-state index is 13.2. The Morgan fingerprint density at radius 1 is 1.33 bits per heavy atom. The number of thioether (sulfide) groups is 1. The molecule has 0 saturated carbocycles. The highest BCUT2D eigenvalue weighted by molar-refractivity contribution is 7.99. The maximum atomic E-state index is 13.2. The molecule has 2 heterocycles. The second-order valence-electron chi connectivity index (χ2n) is 6.03. The van der Waals surface area contributed by atoms with Gasteiger partial charge in [-0.3, -0.25) is 4.79 Å². The Bertz CT molecular complexity index is 718. The summed E-state index contributed by atoms with van der Waals surface area (Å²) >= 11 is 1.43. The van der Waals surface area contributed by atoms with Gasteiger partial charge in [0.25, 0.3) is 0 Å². The second-order valence-corrected chi connectivity index (χ2v) is 6.97. The first kappa shape index (κ1) is 17.0. The van der Waals surface area contributed by atoms with Crippen LogP contribution < -0.4 is 0 Å². The van der Waals surface area contributed by atoms with E-state index < -0.39 is 0 Å². The quantitative estimate of drug-likeness (QED) is 0.780. The van der Waals surface area contributed by atoms with Crippen LogP contribution in [0.15, 0.2) is 29.4 Å². The van der Waals surface area contributed by atoms with Gasteiger partial charge in [-0.2, -0.15) is 0 Å². The highest BCUT2D eigenvalue weighted by Gasteiger charge is 2.17. The number of hydrogen-bond donors (Lipinski definition) is 0. The van der Waals surface area contributed by atoms with Crippen LogP contribution >= 0.6 is 11.8 Å². The van der Waals surface area contributed by atoms with Crippen molar-refractivity contribution in [2.24, 2.45) is 0 Å². The van der Waals surface area contributed by atoms with Crippen molar-refractivity contribution in [1.29, 1.82) is 0 Å². The van der Waals surface area contributed by atoms with Gasteiger partial charge in [0.2, 0.25) is 5.91 Å². The summed E-state index contributed by atoms with van der Waals surface area (Å²) in [4.78, 5) is 13.9. The maximum Gasteiger partial charge on any atom is 0.233 e. The van der Waals surface area contributed by atoms with Crippen LogP contribution in [0.25, 0.3) is 0 Å². The molecule has 1 aliphatic heterocycles. The van der Waals surface area contributed by atoms with E-state index >= 15 is 0 Å². The van der Waals surface area contributed by atoms with Gasteiger partial charge in [0.15, 0.2) is 5.16 Å². The number of aromatic nitrogens is 3. The molecule has 1 aromatic heterocycles. The van der Waals surface area contributed by atoms with E-state index in [0.29, 0.717) is 12.3 Å². The largest absolute Gasteiger partial charge is 0.341 e. The smallest absolute Gasteiger partial charge is 0.233 e. The van der Waals surface area contributed by atoms with Crippen molar-refractivity contribution in [3.05, 3.63) is 41.5 Å². The van der Waals surface area contributed by atoms with Crippen LogP contribution in [0.5, 0.6) is 0 Å². The molecule has 1 aliphatic rings. The lowest BCUT2D eigenvalue weighted by atomic mass is 10.2. The molecule has 24 heavy (non-hydrogen) atoms. The zero-order chi connectivity index (χ0) is 16.9. The Morgan fingerprint density at radius 2 is 2.21 bits per heavy atom. The first-order chi connectivity index (χ1) is 11.6. The zero-order valence-electron chi connectivity index (χ0n) is 13.7. The fourth-order valence-corrected chi connectivity index (χ4v) is 3.72. The fraction of sp³-hybridized carbons (Fsp3) is 0.471. The molecule has 128 valence electrons. The van der Waals surface area contributed by atoms with Crippen molar-refractivity contribution in [1.82, 2.24) is 19.7 Å². The van der Waals surface area contributed by atoms with E-state index in [4.69, 9.17) is 0 Å². The monoisotopic (exact) mass is 348 g/mol. The van der Waals surface area contributed by atoms with Crippen molar-refractivity contribution >= 4 is 17.7 Å². The van der Waals surface area contributed by atoms with E-state index in [1.54, 1.807) is 18.0 Å². The molecule has 0 unspecified atom stereocenters. The average Bonchev–Trinajstić information content (AvgIpc) is 2.79. The van der Waals surface area contributed by atoms with E-state index in [2.05, 4.69) is 14.8 Å². The van der Waals surface area contributed by atoms with Gasteiger partial charge in [0, 0.05) is 26.6 Å². The highest BCUT2D eigenvalue weighted by Crippen LogP contribution is 2.22. The minimum Gasteiger partial charge on any atom is -0.341 e. The summed E-state index contributed by atoms with van der Waals surface area (Å²) in [7, 11) is 1.73. The molecule has 3 rings (SSSR count). The van der Waals surface area contributed by atoms with E-state index in [9.17, 15) is 9.18 Å². The standard InChI is InChI=1S/C17H21FN4OS/c1-21(11-13-6-5-7-14(18)10-13)16(23)12-24-17-20-19-15-8-3-2-4-9-22(15)17/h5-7,10H,2-4,8-9,11-12H2,1H3. The Hall–Kier alpha value is -1.89. The number of amides is 1. The fourth-order valence-electron chi connectivity index (χ4n) is 2.80. The Balaban J connectivity index is 1.56. The van der Waals surface area contributed by atoms with Gasteiger partial charge >= 0.3 is 0 Å². The minimum atomic E-state index is -0.283. The van der Waals surface area contributed by atoms with Crippen molar-refractivity contribution in [3.8, 4) is 0 Å². The van der Waals surface area contributed by atoms with Gasteiger partial charge < -0.3 is 9.47 Å². The lowest BCUT2D eigenvalue weighted by Gasteiger charge is -2.17. The van der Waals surface area contributed by atoms with Crippen molar-refractivity contribution < 1.29 is 9.18 Å². The SMILES string of the molecule is CN(Cc1cccc(F)c1)C(=O)CSc1nnc2n1CCCCC2. The zero-order valence-corrected chi connectivity index (χ0v) is 14.6. The number of benzene rings is 1. The van der Waals surface area contributed by atoms with E-state index in [-0.39, 0.29) is 11.7 Å². The van der Waals surface area contributed by atoms with Crippen LogP contribution in [-0.2, 0) is 24.3 Å². The molecule has 0 spiro atoms. The first-order valence-electron chi connectivity index (χ1n) is 8.17. The molecule has 0 atom stereocenters. The molecule has 2 aromatic rings. The normalized spacial score (nSPS) is 14.1. The third kappa shape index (κ3) is 4.14. The van der Waals surface area contributed by atoms with Crippen molar-refractivity contribution in [2.45, 2.75) is 43.9 Å². The summed E-state index contributed by atoms with van der Waals surface area (Å²) in [5.74, 6) is 1.05. The van der Waals surface area contributed by atoms with E-state index in [1.165, 1.54) is 30.3 Å². The van der Waals surface area contributed by atoms with E-state index in [1.807, 2.05) is 6.07 Å². The summed E-state index contributed by atoms with van der Waals surface area (Å²) in [5.41, 5.74) is 0.784. The van der Waals surface area contributed by atoms with Crippen LogP contribution in [0.2, 0.25) is 0 Å². The summed E-state index contributed by atoms with van der Waals surface area (Å²) in [6.07, 6.45) is 4.45. The molecule has 0 N–H and O–H groups in total. The van der Waals surface area contributed by atoms with Gasteiger partial charge in [-0.05, 0) is 30.5 Å². The average molecular weight is 348 g/mol. The molecule has 0 radical (unpaired) electrons. The van der Waals surface area contributed by atoms with Crippen LogP contribution in [0.3, 0.4) is 0 Å². The van der Waals surface area contributed by atoms with Gasteiger partial charge in [0.1, 0.15) is 11.6 Å². The summed E-state index contributed by atoms with van der Waals surface area (Å²) in [6.45, 7) is 1.33. The lowest BCUT2D eigenvalue weighted by Crippen LogP contribution is -2.28. The lowest BCUT2D eigenvalue weighted by molar-refractivity contribution is -0.127. The van der Waals surface area contributed by atoms with Gasteiger partial charge in [-0.25, -0.2) is 4.39 Å². The molecule has 0 aliphatic carbocycles. The molecule has 1 amide bonds. The third-order valence-corrected chi connectivity index (χ3v) is 5.09. The molecule has 0 fully saturated rings. The first-order valence-corrected chi connectivity index (χ1v) is 9.15. The number of carbonyl (C=O) groups is 1. The number of nitrogens with zero attached hydrogens (tertiary/aromatic N) is 4. The van der Waals surface area contributed by atoms with Crippen LogP contribution in [-0.4, -0.2) is 38.4 Å². The number of carbonyl (C=O) groups excluding carboxylic acids is 1. The predicted octanol–water partition coefficient (Wildman–Crippen LogP) is 2.89. The van der Waals surface area contributed by atoms with Crippen LogP contribution in [0.4, 0.5) is 4.39 Å². The molecule has 7 heteroatoms. The van der Waals surface area contributed by atoms with Crippen molar-refractivity contribution in [3.63, 3.8) is 0 Å². The summed E-state index contributed by atoms with van der Waals surface area (Å²) < 4.78 is 15.4. The predicted molar refractivity (Wildman–Crippen MR) is 91.2 cm³/mol.